The molecule has 1 unspecified atom stereocenters. The summed E-state index contributed by atoms with van der Waals surface area (Å²) >= 11 is 1.15. The van der Waals surface area contributed by atoms with Crippen molar-refractivity contribution in [2.75, 3.05) is 6.26 Å². The zero-order chi connectivity index (χ0) is 17.0. The Balaban J connectivity index is 2.20. The molecule has 0 bridgehead atoms. The highest BCUT2D eigenvalue weighted by molar-refractivity contribution is 8.13. The summed E-state index contributed by atoms with van der Waals surface area (Å²) in [6.07, 6.45) is 3.16. The molecule has 4 nitrogen and oxygen atoms in total. The van der Waals surface area contributed by atoms with Gasteiger partial charge in [0.1, 0.15) is 5.76 Å². The number of carbonyl (C=O) groups excluding carboxylic acids is 3. The van der Waals surface area contributed by atoms with Gasteiger partial charge in [-0.1, -0.05) is 43.0 Å². The van der Waals surface area contributed by atoms with E-state index in [1.807, 2.05) is 19.1 Å². The number of aliphatic hydroxyl groups excluding tert-OH is 1. The van der Waals surface area contributed by atoms with Crippen LogP contribution in [0.5, 0.6) is 0 Å². The summed E-state index contributed by atoms with van der Waals surface area (Å²) in [5.41, 5.74) is 1.49. The summed E-state index contributed by atoms with van der Waals surface area (Å²) in [6, 6.07) is 7.09. The van der Waals surface area contributed by atoms with Crippen molar-refractivity contribution in [3.63, 3.8) is 0 Å². The average Bonchev–Trinajstić information content (AvgIpc) is 2.53. The topological polar surface area (TPSA) is 71.4 Å². The van der Waals surface area contributed by atoms with E-state index in [4.69, 9.17) is 0 Å². The van der Waals surface area contributed by atoms with E-state index in [9.17, 15) is 19.5 Å². The predicted molar refractivity (Wildman–Crippen MR) is 90.8 cm³/mol. The van der Waals surface area contributed by atoms with Crippen molar-refractivity contribution in [1.29, 1.82) is 0 Å². The first-order chi connectivity index (χ1) is 11.0. The zero-order valence-corrected chi connectivity index (χ0v) is 14.1. The lowest BCUT2D eigenvalue weighted by atomic mass is 9.81. The number of aliphatic hydroxyl groups is 1. The number of allylic oxidation sites excluding steroid dienone is 2. The summed E-state index contributed by atoms with van der Waals surface area (Å²) in [4.78, 5) is 35.8. The van der Waals surface area contributed by atoms with Gasteiger partial charge in [-0.15, -0.1) is 0 Å². The molecule has 1 aromatic rings. The molecule has 0 aliphatic heterocycles. The van der Waals surface area contributed by atoms with Crippen LogP contribution in [-0.4, -0.2) is 28.0 Å². The Morgan fingerprint density at radius 2 is 1.87 bits per heavy atom. The Kier molecular flexibility index (Phi) is 5.77. The van der Waals surface area contributed by atoms with Gasteiger partial charge < -0.3 is 5.11 Å². The smallest absolute Gasteiger partial charge is 0.219 e. The molecular weight excluding hydrogens is 312 g/mol. The number of rotatable bonds is 5. The maximum atomic E-state index is 12.2. The van der Waals surface area contributed by atoms with E-state index in [2.05, 4.69) is 0 Å². The van der Waals surface area contributed by atoms with E-state index in [1.165, 1.54) is 0 Å². The van der Waals surface area contributed by atoms with Crippen molar-refractivity contribution < 1.29 is 19.5 Å². The van der Waals surface area contributed by atoms with Gasteiger partial charge in [-0.2, -0.15) is 0 Å². The van der Waals surface area contributed by atoms with Crippen molar-refractivity contribution in [3.8, 4) is 0 Å². The number of hydrogen-bond donors (Lipinski definition) is 1. The molecule has 0 spiro atoms. The quantitative estimate of drug-likeness (QED) is 0.830. The molecule has 1 aromatic carbocycles. The minimum atomic E-state index is -0.290. The maximum absolute atomic E-state index is 12.2. The predicted octanol–water partition coefficient (Wildman–Crippen LogP) is 3.82. The van der Waals surface area contributed by atoms with Crippen molar-refractivity contribution in [2.24, 2.45) is 0 Å². The fraction of sp³-hybridized carbons (Fsp3) is 0.389. The molecule has 5 heteroatoms. The molecule has 0 radical (unpaired) electrons. The number of thioether (sulfide) groups is 1. The first-order valence-electron chi connectivity index (χ1n) is 7.64. The van der Waals surface area contributed by atoms with Crippen LogP contribution in [0.25, 0.3) is 0 Å². The lowest BCUT2D eigenvalue weighted by molar-refractivity contribution is -0.122. The molecule has 1 aliphatic rings. The maximum Gasteiger partial charge on any atom is 0.219 e. The molecule has 2 rings (SSSR count). The lowest BCUT2D eigenvalue weighted by Crippen LogP contribution is -2.23. The minimum absolute atomic E-state index is 0.00791. The van der Waals surface area contributed by atoms with Gasteiger partial charge in [-0.05, 0) is 24.2 Å². The standard InChI is InChI=1S/C18H20O4S/c1-3-4-14(19)17-15(20)9-13(10-16(17)21)11-5-7-12(8-6-11)18(22)23-2/h5-8,13,20H,3-4,9-10H2,1-2H3. The first-order valence-corrected chi connectivity index (χ1v) is 8.87. The van der Waals surface area contributed by atoms with E-state index in [0.717, 1.165) is 17.3 Å². The molecule has 0 heterocycles. The SMILES string of the molecule is CCCC(=O)C1=C(O)CC(c2ccc(C(=O)SC)cc2)CC1=O. The van der Waals surface area contributed by atoms with Gasteiger partial charge in [0.25, 0.3) is 0 Å². The number of Topliss-reactive ketones (excluding diaryl/α,β-unsaturated/α-hetero) is 2. The lowest BCUT2D eigenvalue weighted by Gasteiger charge is -2.23. The average molecular weight is 332 g/mol. The molecule has 0 saturated heterocycles. The van der Waals surface area contributed by atoms with Gasteiger partial charge in [0, 0.05) is 24.8 Å². The fourth-order valence-electron chi connectivity index (χ4n) is 2.81. The van der Waals surface area contributed by atoms with Crippen molar-refractivity contribution in [3.05, 3.63) is 46.7 Å². The number of ketones is 2. The number of hydrogen-bond acceptors (Lipinski definition) is 5. The summed E-state index contributed by atoms with van der Waals surface area (Å²) in [5.74, 6) is -0.816. The van der Waals surface area contributed by atoms with E-state index in [-0.39, 0.29) is 53.2 Å². The number of benzene rings is 1. The van der Waals surface area contributed by atoms with E-state index in [0.29, 0.717) is 12.0 Å². The fourth-order valence-corrected chi connectivity index (χ4v) is 3.18. The van der Waals surface area contributed by atoms with Gasteiger partial charge in [0.15, 0.2) is 11.6 Å². The second-order valence-corrected chi connectivity index (χ2v) is 6.42. The summed E-state index contributed by atoms with van der Waals surface area (Å²) < 4.78 is 0. The van der Waals surface area contributed by atoms with Crippen molar-refractivity contribution in [2.45, 2.75) is 38.5 Å². The molecule has 1 N–H and O–H groups in total. The van der Waals surface area contributed by atoms with Crippen LogP contribution < -0.4 is 0 Å². The van der Waals surface area contributed by atoms with Crippen molar-refractivity contribution >= 4 is 28.4 Å². The van der Waals surface area contributed by atoms with E-state index in [1.54, 1.807) is 18.4 Å². The molecule has 0 aromatic heterocycles. The molecule has 1 atom stereocenters. The van der Waals surface area contributed by atoms with Crippen LogP contribution in [-0.2, 0) is 9.59 Å². The van der Waals surface area contributed by atoms with Crippen LogP contribution in [0.4, 0.5) is 0 Å². The Bertz CT molecular complexity index is 658. The third-order valence-electron chi connectivity index (χ3n) is 4.00. The number of carbonyl (C=O) groups is 3. The summed E-state index contributed by atoms with van der Waals surface area (Å²) in [5, 5.41) is 10.1. The van der Waals surface area contributed by atoms with Gasteiger partial charge in [-0.3, -0.25) is 14.4 Å². The molecule has 1 aliphatic carbocycles. The third kappa shape index (κ3) is 3.91. The molecule has 0 fully saturated rings. The highest BCUT2D eigenvalue weighted by atomic mass is 32.2. The van der Waals surface area contributed by atoms with Gasteiger partial charge in [0.2, 0.25) is 5.12 Å². The normalized spacial score (nSPS) is 18.2. The van der Waals surface area contributed by atoms with Crippen LogP contribution in [0, 0.1) is 0 Å². The summed E-state index contributed by atoms with van der Waals surface area (Å²) in [6.45, 7) is 1.86. The second-order valence-electron chi connectivity index (χ2n) is 5.64. The highest BCUT2D eigenvalue weighted by Gasteiger charge is 2.31. The van der Waals surface area contributed by atoms with Gasteiger partial charge in [0.05, 0.1) is 5.57 Å². The first kappa shape index (κ1) is 17.5. The van der Waals surface area contributed by atoms with Gasteiger partial charge in [-0.25, -0.2) is 0 Å². The van der Waals surface area contributed by atoms with Gasteiger partial charge >= 0.3 is 0 Å². The van der Waals surface area contributed by atoms with E-state index >= 15 is 0 Å². The zero-order valence-electron chi connectivity index (χ0n) is 13.3. The monoisotopic (exact) mass is 332 g/mol. The molecule has 0 amide bonds. The molecule has 23 heavy (non-hydrogen) atoms. The summed E-state index contributed by atoms with van der Waals surface area (Å²) in [7, 11) is 0. The van der Waals surface area contributed by atoms with Crippen LogP contribution in [0.3, 0.4) is 0 Å². The van der Waals surface area contributed by atoms with Crippen LogP contribution in [0.2, 0.25) is 0 Å². The van der Waals surface area contributed by atoms with E-state index < -0.39 is 0 Å². The Morgan fingerprint density at radius 3 is 2.39 bits per heavy atom. The second kappa shape index (κ2) is 7.59. The largest absolute Gasteiger partial charge is 0.511 e. The van der Waals surface area contributed by atoms with Crippen LogP contribution in [0.1, 0.15) is 54.4 Å². The molecular formula is C18H20O4S. The minimum Gasteiger partial charge on any atom is -0.511 e. The Hall–Kier alpha value is -1.88. The molecule has 122 valence electrons. The van der Waals surface area contributed by atoms with Crippen molar-refractivity contribution in [1.82, 2.24) is 0 Å². The molecule has 0 saturated carbocycles. The van der Waals surface area contributed by atoms with Crippen LogP contribution >= 0.6 is 11.8 Å². The highest BCUT2D eigenvalue weighted by Crippen LogP contribution is 2.34. The third-order valence-corrected chi connectivity index (χ3v) is 4.60. The Labute approximate surface area is 140 Å². The van der Waals surface area contributed by atoms with Crippen LogP contribution in [0.15, 0.2) is 35.6 Å². The Morgan fingerprint density at radius 1 is 1.22 bits per heavy atom.